The molecule has 0 heterocycles. The number of rotatable bonds is 3. The van der Waals surface area contributed by atoms with E-state index in [1.165, 1.54) is 18.9 Å². The molecule has 0 nitrogen and oxygen atoms in total. The molecule has 0 N–H and O–H groups in total. The Balaban J connectivity index is 2.34. The normalized spacial score (nSPS) is 19.3. The molecule has 2 rings (SSSR count). The first-order valence-electron chi connectivity index (χ1n) is 6.58. The second-order valence-corrected chi connectivity index (χ2v) is 5.48. The van der Waals surface area contributed by atoms with Crippen molar-refractivity contribution in [3.8, 4) is 0 Å². The summed E-state index contributed by atoms with van der Waals surface area (Å²) in [6.45, 7) is 4.37. The summed E-state index contributed by atoms with van der Waals surface area (Å²) in [7, 11) is 0. The third-order valence-corrected chi connectivity index (χ3v) is 3.70. The highest BCUT2D eigenvalue weighted by atomic mass is 19.1. The molecule has 1 aromatic carbocycles. The zero-order chi connectivity index (χ0) is 12.3. The minimum Gasteiger partial charge on any atom is -0.207 e. The van der Waals surface area contributed by atoms with Crippen molar-refractivity contribution in [2.45, 2.75) is 44.9 Å². The van der Waals surface area contributed by atoms with Crippen LogP contribution in [0.15, 0.2) is 36.4 Å². The highest BCUT2D eigenvalue weighted by Gasteiger charge is 2.33. The summed E-state index contributed by atoms with van der Waals surface area (Å²) < 4.78 is 13.4. The van der Waals surface area contributed by atoms with Gasteiger partial charge < -0.3 is 0 Å². The molecule has 0 bridgehead atoms. The lowest BCUT2D eigenvalue weighted by Gasteiger charge is -2.26. The van der Waals surface area contributed by atoms with Crippen molar-refractivity contribution in [1.29, 1.82) is 0 Å². The molecule has 1 fully saturated rings. The van der Waals surface area contributed by atoms with Gasteiger partial charge in [-0.1, -0.05) is 51.0 Å². The lowest BCUT2D eigenvalue weighted by molar-refractivity contribution is 0.543. The standard InChI is InChI=1S/C16H21F/c1-13(2)8-11-16(9-3-4-10-16)14-6-5-7-15(17)12-14/h5-8,11-13H,3-4,9-10H2,1-2H3/b11-8+. The summed E-state index contributed by atoms with van der Waals surface area (Å²) in [6, 6.07) is 7.13. The van der Waals surface area contributed by atoms with E-state index in [0.29, 0.717) is 5.92 Å². The van der Waals surface area contributed by atoms with Gasteiger partial charge in [0.05, 0.1) is 0 Å². The van der Waals surface area contributed by atoms with Crippen molar-refractivity contribution in [3.05, 3.63) is 47.8 Å². The van der Waals surface area contributed by atoms with E-state index in [1.807, 2.05) is 6.07 Å². The van der Waals surface area contributed by atoms with Crippen LogP contribution in [0.1, 0.15) is 45.1 Å². The van der Waals surface area contributed by atoms with Crippen LogP contribution >= 0.6 is 0 Å². The number of halogens is 1. The maximum atomic E-state index is 13.4. The highest BCUT2D eigenvalue weighted by Crippen LogP contribution is 2.42. The molecule has 0 spiro atoms. The highest BCUT2D eigenvalue weighted by molar-refractivity contribution is 5.32. The van der Waals surface area contributed by atoms with Crippen LogP contribution in [-0.4, -0.2) is 0 Å². The zero-order valence-electron chi connectivity index (χ0n) is 10.7. The summed E-state index contributed by atoms with van der Waals surface area (Å²) in [4.78, 5) is 0. The molecule has 92 valence electrons. The minimum absolute atomic E-state index is 0.0897. The van der Waals surface area contributed by atoms with E-state index >= 15 is 0 Å². The molecule has 0 radical (unpaired) electrons. The zero-order valence-corrected chi connectivity index (χ0v) is 10.7. The first-order chi connectivity index (χ1) is 8.12. The summed E-state index contributed by atoms with van der Waals surface area (Å²) in [6.07, 6.45) is 9.38. The van der Waals surface area contributed by atoms with Crippen molar-refractivity contribution in [3.63, 3.8) is 0 Å². The molecular formula is C16H21F. The molecule has 0 amide bonds. The number of benzene rings is 1. The Morgan fingerprint density at radius 1 is 1.24 bits per heavy atom. The van der Waals surface area contributed by atoms with Gasteiger partial charge in [0.2, 0.25) is 0 Å². The predicted molar refractivity (Wildman–Crippen MR) is 70.5 cm³/mol. The molecule has 1 aliphatic carbocycles. The van der Waals surface area contributed by atoms with Gasteiger partial charge in [0.25, 0.3) is 0 Å². The van der Waals surface area contributed by atoms with Crippen molar-refractivity contribution in [2.75, 3.05) is 0 Å². The quantitative estimate of drug-likeness (QED) is 0.653. The summed E-state index contributed by atoms with van der Waals surface area (Å²) in [5, 5.41) is 0. The predicted octanol–water partition coefficient (Wildman–Crippen LogP) is 4.85. The molecular weight excluding hydrogens is 211 g/mol. The average Bonchev–Trinajstić information content (AvgIpc) is 2.76. The molecule has 0 atom stereocenters. The lowest BCUT2D eigenvalue weighted by Crippen LogP contribution is -2.19. The Hall–Kier alpha value is -1.11. The molecule has 0 saturated heterocycles. The van der Waals surface area contributed by atoms with Crippen LogP contribution in [0.3, 0.4) is 0 Å². The minimum atomic E-state index is -0.119. The van der Waals surface area contributed by atoms with E-state index in [-0.39, 0.29) is 11.2 Å². The fourth-order valence-corrected chi connectivity index (χ4v) is 2.73. The van der Waals surface area contributed by atoms with E-state index in [1.54, 1.807) is 6.07 Å². The molecule has 1 aromatic rings. The van der Waals surface area contributed by atoms with Crippen LogP contribution < -0.4 is 0 Å². The van der Waals surface area contributed by atoms with Gasteiger partial charge in [0, 0.05) is 5.41 Å². The largest absolute Gasteiger partial charge is 0.207 e. The number of hydrogen-bond donors (Lipinski definition) is 0. The van der Waals surface area contributed by atoms with E-state index in [4.69, 9.17) is 0 Å². The van der Waals surface area contributed by atoms with E-state index in [9.17, 15) is 4.39 Å². The van der Waals surface area contributed by atoms with Crippen LogP contribution in [0.25, 0.3) is 0 Å². The summed E-state index contributed by atoms with van der Waals surface area (Å²) >= 11 is 0. The molecule has 1 heteroatoms. The van der Waals surface area contributed by atoms with E-state index < -0.39 is 0 Å². The van der Waals surface area contributed by atoms with Crippen molar-refractivity contribution in [2.24, 2.45) is 5.92 Å². The van der Waals surface area contributed by atoms with Crippen LogP contribution in [-0.2, 0) is 5.41 Å². The first kappa shape index (κ1) is 12.3. The van der Waals surface area contributed by atoms with Crippen molar-refractivity contribution >= 4 is 0 Å². The Labute approximate surface area is 104 Å². The molecule has 1 aliphatic rings. The topological polar surface area (TPSA) is 0 Å². The summed E-state index contributed by atoms with van der Waals surface area (Å²) in [5.74, 6) is 0.438. The van der Waals surface area contributed by atoms with Gasteiger partial charge in [-0.05, 0) is 36.5 Å². The third kappa shape index (κ3) is 2.77. The lowest BCUT2D eigenvalue weighted by atomic mass is 9.78. The second-order valence-electron chi connectivity index (χ2n) is 5.48. The van der Waals surface area contributed by atoms with Gasteiger partial charge in [0.1, 0.15) is 5.82 Å². The third-order valence-electron chi connectivity index (χ3n) is 3.70. The van der Waals surface area contributed by atoms with Crippen LogP contribution in [0.2, 0.25) is 0 Å². The smallest absolute Gasteiger partial charge is 0.123 e. The first-order valence-corrected chi connectivity index (χ1v) is 6.58. The molecule has 0 unspecified atom stereocenters. The molecule has 17 heavy (non-hydrogen) atoms. The van der Waals surface area contributed by atoms with Gasteiger partial charge >= 0.3 is 0 Å². The van der Waals surface area contributed by atoms with Gasteiger partial charge in [-0.15, -0.1) is 0 Å². The average molecular weight is 232 g/mol. The Bertz CT molecular complexity index is 398. The van der Waals surface area contributed by atoms with Crippen molar-refractivity contribution < 1.29 is 4.39 Å². The fraction of sp³-hybridized carbons (Fsp3) is 0.500. The Kier molecular flexibility index (Phi) is 3.66. The van der Waals surface area contributed by atoms with E-state index in [0.717, 1.165) is 18.4 Å². The van der Waals surface area contributed by atoms with Gasteiger partial charge in [-0.25, -0.2) is 4.39 Å². The maximum Gasteiger partial charge on any atom is 0.123 e. The molecule has 0 aromatic heterocycles. The van der Waals surface area contributed by atoms with Crippen LogP contribution in [0, 0.1) is 11.7 Å². The van der Waals surface area contributed by atoms with Gasteiger partial charge in [-0.3, -0.25) is 0 Å². The Morgan fingerprint density at radius 3 is 2.53 bits per heavy atom. The molecule has 1 saturated carbocycles. The number of hydrogen-bond acceptors (Lipinski definition) is 0. The fourth-order valence-electron chi connectivity index (χ4n) is 2.73. The summed E-state index contributed by atoms with van der Waals surface area (Å²) in [5.41, 5.74) is 1.23. The van der Waals surface area contributed by atoms with Crippen molar-refractivity contribution in [1.82, 2.24) is 0 Å². The van der Waals surface area contributed by atoms with Gasteiger partial charge in [-0.2, -0.15) is 0 Å². The second kappa shape index (κ2) is 5.03. The Morgan fingerprint density at radius 2 is 1.94 bits per heavy atom. The SMILES string of the molecule is CC(C)/C=C/C1(c2cccc(F)c2)CCCC1. The van der Waals surface area contributed by atoms with E-state index in [2.05, 4.69) is 32.1 Å². The van der Waals surface area contributed by atoms with Crippen LogP contribution in [0.4, 0.5) is 4.39 Å². The number of allylic oxidation sites excluding steroid dienone is 2. The monoisotopic (exact) mass is 232 g/mol. The maximum absolute atomic E-state index is 13.4. The van der Waals surface area contributed by atoms with Gasteiger partial charge in [0.15, 0.2) is 0 Å². The molecule has 0 aliphatic heterocycles. The van der Waals surface area contributed by atoms with Crippen LogP contribution in [0.5, 0.6) is 0 Å².